The van der Waals surface area contributed by atoms with Crippen molar-refractivity contribution in [2.24, 2.45) is 23.3 Å². The molecule has 3 aromatic heterocycles. The van der Waals surface area contributed by atoms with Gasteiger partial charge in [-0.1, -0.05) is 27.7 Å². The first-order valence-electron chi connectivity index (χ1n) is 14.6. The summed E-state index contributed by atoms with van der Waals surface area (Å²) in [4.78, 5) is 11.9. The van der Waals surface area contributed by atoms with Crippen LogP contribution in [0.2, 0.25) is 0 Å². The summed E-state index contributed by atoms with van der Waals surface area (Å²) in [6.45, 7) is 13.2. The van der Waals surface area contributed by atoms with E-state index in [0.717, 1.165) is 24.5 Å². The Balaban J connectivity index is 0.000000332. The topological polar surface area (TPSA) is 109 Å². The molecule has 0 saturated heterocycles. The maximum Gasteiger partial charge on any atom is 0.420 e. The first kappa shape index (κ1) is 39.2. The Morgan fingerprint density at radius 1 is 0.739 bits per heavy atom. The fourth-order valence-electron chi connectivity index (χ4n) is 4.86. The smallest absolute Gasteiger partial charge is 0.420 e. The molecule has 0 bridgehead atoms. The van der Waals surface area contributed by atoms with Crippen LogP contribution >= 0.6 is 15.9 Å². The molecular weight excluding hydrogens is 680 g/mol. The van der Waals surface area contributed by atoms with Crippen LogP contribution in [0.3, 0.4) is 0 Å². The molecule has 0 radical (unpaired) electrons. The number of ether oxygens (including phenoxy) is 2. The molecule has 3 aromatic rings. The number of aromatic nitrogens is 3. The van der Waals surface area contributed by atoms with Crippen LogP contribution in [-0.4, -0.2) is 39.2 Å². The first-order valence-corrected chi connectivity index (χ1v) is 15.3. The predicted molar refractivity (Wildman–Crippen MR) is 169 cm³/mol. The van der Waals surface area contributed by atoms with Gasteiger partial charge in [0.1, 0.15) is 40.4 Å². The van der Waals surface area contributed by atoms with Gasteiger partial charge in [-0.2, -0.15) is 26.3 Å². The summed E-state index contributed by atoms with van der Waals surface area (Å²) in [6, 6.07) is 5.20. The molecule has 0 amide bonds. The molecule has 0 fully saturated rings. The van der Waals surface area contributed by atoms with Crippen molar-refractivity contribution in [3.63, 3.8) is 0 Å². The van der Waals surface area contributed by atoms with Crippen LogP contribution in [0.4, 0.5) is 26.3 Å². The van der Waals surface area contributed by atoms with E-state index in [1.54, 1.807) is 32.9 Å². The molecule has 7 nitrogen and oxygen atoms in total. The van der Waals surface area contributed by atoms with Gasteiger partial charge in [0, 0.05) is 28.5 Å². The molecule has 4 N–H and O–H groups in total. The fraction of sp³-hybridized carbons (Fsp3) is 0.531. The van der Waals surface area contributed by atoms with Crippen LogP contribution in [0.15, 0.2) is 47.5 Å². The van der Waals surface area contributed by atoms with Gasteiger partial charge < -0.3 is 20.9 Å². The van der Waals surface area contributed by atoms with Gasteiger partial charge in [0.2, 0.25) is 0 Å². The molecule has 0 aliphatic carbocycles. The molecule has 46 heavy (non-hydrogen) atoms. The van der Waals surface area contributed by atoms with E-state index >= 15 is 0 Å². The zero-order valence-corrected chi connectivity index (χ0v) is 28.6. The minimum atomic E-state index is -4.56. The van der Waals surface area contributed by atoms with Crippen molar-refractivity contribution in [2.75, 3.05) is 13.2 Å². The largest absolute Gasteiger partial charge is 0.489 e. The highest BCUT2D eigenvalue weighted by atomic mass is 79.9. The van der Waals surface area contributed by atoms with Gasteiger partial charge in [-0.15, -0.1) is 0 Å². The van der Waals surface area contributed by atoms with Crippen molar-refractivity contribution < 1.29 is 35.8 Å². The van der Waals surface area contributed by atoms with E-state index in [9.17, 15) is 26.3 Å². The van der Waals surface area contributed by atoms with Crippen LogP contribution < -0.4 is 20.9 Å². The normalized spacial score (nSPS) is 14.7. The number of hydrogen-bond donors (Lipinski definition) is 2. The standard InChI is InChI=1S/C19H24F3N3O.C13H18BrF3N2O/c1-12(2)9-18(4,23)11-26-17-10-25-16(8-15(17)19(20,21)22)14-5-6-24-13(3)7-14;1-8(2)5-12(3,18)7-20-10-6-19-11(14)4-9(10)13(15,16)17/h5-8,10,12H,9,11,23H2,1-4H3;4,6,8H,5,7,18H2,1-3H3/t18-;12-/m11/s1. The van der Waals surface area contributed by atoms with Gasteiger partial charge in [-0.05, 0) is 85.6 Å². The van der Waals surface area contributed by atoms with E-state index in [1.807, 2.05) is 27.7 Å². The van der Waals surface area contributed by atoms with E-state index in [2.05, 4.69) is 30.9 Å². The Morgan fingerprint density at radius 2 is 1.20 bits per heavy atom. The van der Waals surface area contributed by atoms with Gasteiger partial charge in [-0.25, -0.2) is 4.98 Å². The monoisotopic (exact) mass is 721 g/mol. The Bertz CT molecular complexity index is 1430. The molecule has 0 aromatic carbocycles. The third-order valence-corrected chi connectivity index (χ3v) is 6.80. The second-order valence-electron chi connectivity index (χ2n) is 12.8. The number of pyridine rings is 3. The van der Waals surface area contributed by atoms with E-state index in [1.165, 1.54) is 6.20 Å². The van der Waals surface area contributed by atoms with Crippen molar-refractivity contribution in [3.8, 4) is 22.8 Å². The zero-order chi connectivity index (χ0) is 35.1. The maximum absolute atomic E-state index is 13.5. The number of nitrogens with zero attached hydrogens (tertiary/aromatic N) is 3. The minimum Gasteiger partial charge on any atom is -0.489 e. The number of rotatable bonds is 11. The lowest BCUT2D eigenvalue weighted by atomic mass is 9.93. The summed E-state index contributed by atoms with van der Waals surface area (Å²) in [5.41, 5.74) is 10.5. The molecular formula is C32H42BrF6N5O2. The second-order valence-corrected chi connectivity index (χ2v) is 13.6. The maximum atomic E-state index is 13.5. The van der Waals surface area contributed by atoms with Gasteiger partial charge >= 0.3 is 12.4 Å². The van der Waals surface area contributed by atoms with Gasteiger partial charge in [-0.3, -0.25) is 9.97 Å². The molecule has 0 saturated carbocycles. The van der Waals surface area contributed by atoms with E-state index in [-0.39, 0.29) is 35.0 Å². The summed E-state index contributed by atoms with van der Waals surface area (Å²) in [5.74, 6) is 0.0263. The van der Waals surface area contributed by atoms with E-state index in [4.69, 9.17) is 20.9 Å². The molecule has 2 atom stereocenters. The summed E-state index contributed by atoms with van der Waals surface area (Å²) >= 11 is 2.92. The third kappa shape index (κ3) is 13.0. The summed E-state index contributed by atoms with van der Waals surface area (Å²) < 4.78 is 90.0. The van der Waals surface area contributed by atoms with E-state index in [0.29, 0.717) is 35.9 Å². The van der Waals surface area contributed by atoms with Crippen LogP contribution in [0, 0.1) is 18.8 Å². The number of aryl methyl sites for hydroxylation is 1. The lowest BCUT2D eigenvalue weighted by Crippen LogP contribution is -2.43. The van der Waals surface area contributed by atoms with Crippen molar-refractivity contribution in [3.05, 3.63) is 64.3 Å². The van der Waals surface area contributed by atoms with Crippen LogP contribution in [0.1, 0.15) is 71.2 Å². The van der Waals surface area contributed by atoms with Crippen molar-refractivity contribution >= 4 is 15.9 Å². The molecule has 3 rings (SSSR count). The molecule has 3 heterocycles. The number of alkyl halides is 6. The molecule has 256 valence electrons. The molecule has 0 aliphatic heterocycles. The van der Waals surface area contributed by atoms with Crippen LogP contribution in [0.5, 0.6) is 11.5 Å². The van der Waals surface area contributed by atoms with Gasteiger partial charge in [0.15, 0.2) is 0 Å². The number of halogens is 7. The van der Waals surface area contributed by atoms with E-state index < -0.39 is 34.6 Å². The highest BCUT2D eigenvalue weighted by Gasteiger charge is 2.37. The quantitative estimate of drug-likeness (QED) is 0.151. The van der Waals surface area contributed by atoms with Crippen LogP contribution in [-0.2, 0) is 12.4 Å². The summed E-state index contributed by atoms with van der Waals surface area (Å²) in [5, 5.41) is 0. The molecule has 0 aliphatic rings. The fourth-order valence-corrected chi connectivity index (χ4v) is 5.20. The Kier molecular flexibility index (Phi) is 13.4. The minimum absolute atomic E-state index is 0.00241. The molecule has 0 spiro atoms. The van der Waals surface area contributed by atoms with Gasteiger partial charge in [0.05, 0.1) is 18.1 Å². The predicted octanol–water partition coefficient (Wildman–Crippen LogP) is 8.62. The number of nitrogens with two attached hydrogens (primary N) is 2. The lowest BCUT2D eigenvalue weighted by molar-refractivity contribution is -0.140. The highest BCUT2D eigenvalue weighted by molar-refractivity contribution is 9.10. The van der Waals surface area contributed by atoms with Crippen LogP contribution in [0.25, 0.3) is 11.3 Å². The highest BCUT2D eigenvalue weighted by Crippen LogP contribution is 2.39. The van der Waals surface area contributed by atoms with Crippen molar-refractivity contribution in [1.82, 2.24) is 15.0 Å². The van der Waals surface area contributed by atoms with Crippen molar-refractivity contribution in [2.45, 2.75) is 84.7 Å². The Morgan fingerprint density at radius 3 is 1.63 bits per heavy atom. The summed E-state index contributed by atoms with van der Waals surface area (Å²) in [6.07, 6.45) is -4.07. The van der Waals surface area contributed by atoms with Crippen molar-refractivity contribution in [1.29, 1.82) is 0 Å². The Hall–Kier alpha value is -2.97. The third-order valence-electron chi connectivity index (χ3n) is 6.37. The lowest BCUT2D eigenvalue weighted by Gasteiger charge is -2.27. The SMILES string of the molecule is CC(C)C[C@@](C)(N)COc1cnc(Br)cc1C(F)(F)F.Cc1cc(-c2cc(C(F)(F)F)c(OC[C@](C)(N)CC(C)C)cn2)ccn1. The van der Waals surface area contributed by atoms with Gasteiger partial charge in [0.25, 0.3) is 0 Å². The molecule has 0 unspecified atom stereocenters. The zero-order valence-electron chi connectivity index (χ0n) is 27.0. The average Bonchev–Trinajstić information content (AvgIpc) is 2.89. The summed E-state index contributed by atoms with van der Waals surface area (Å²) in [7, 11) is 0. The second kappa shape index (κ2) is 15.7. The molecule has 14 heteroatoms. The average molecular weight is 723 g/mol. The number of hydrogen-bond acceptors (Lipinski definition) is 7. The Labute approximate surface area is 274 Å². The first-order chi connectivity index (χ1) is 21.0.